The minimum Gasteiger partial charge on any atom is -0.481 e. The van der Waals surface area contributed by atoms with Gasteiger partial charge in [-0.1, -0.05) is 11.6 Å². The van der Waals surface area contributed by atoms with Crippen molar-refractivity contribution in [2.45, 2.75) is 0 Å². The first kappa shape index (κ1) is 17.7. The van der Waals surface area contributed by atoms with Crippen molar-refractivity contribution >= 4 is 29.0 Å². The van der Waals surface area contributed by atoms with Crippen molar-refractivity contribution in [3.63, 3.8) is 0 Å². The zero-order valence-electron chi connectivity index (χ0n) is 14.0. The number of benzene rings is 1. The Labute approximate surface area is 153 Å². The molecule has 0 aliphatic carbocycles. The molecule has 7 nitrogen and oxygen atoms in total. The predicted molar refractivity (Wildman–Crippen MR) is 97.0 cm³/mol. The first-order valence-electron chi connectivity index (χ1n) is 7.53. The number of halogens is 2. The molecule has 0 fully saturated rings. The molecule has 0 radical (unpaired) electrons. The number of ether oxygens (including phenoxy) is 1. The molecule has 134 valence electrons. The van der Waals surface area contributed by atoms with Gasteiger partial charge in [0, 0.05) is 12.7 Å². The van der Waals surface area contributed by atoms with Gasteiger partial charge in [0.15, 0.2) is 0 Å². The number of carbonyl (C=O) groups is 1. The molecule has 0 bridgehead atoms. The van der Waals surface area contributed by atoms with Crippen molar-refractivity contribution in [1.29, 1.82) is 0 Å². The summed E-state index contributed by atoms with van der Waals surface area (Å²) in [6, 6.07) is 6.62. The summed E-state index contributed by atoms with van der Waals surface area (Å²) < 4.78 is 19.8. The number of pyridine rings is 1. The van der Waals surface area contributed by atoms with Gasteiger partial charge >= 0.3 is 6.03 Å². The molecule has 2 amide bonds. The van der Waals surface area contributed by atoms with E-state index in [2.05, 4.69) is 20.7 Å². The van der Waals surface area contributed by atoms with E-state index in [0.29, 0.717) is 33.5 Å². The molecule has 0 atom stereocenters. The molecule has 0 unspecified atom stereocenters. The Hall–Kier alpha value is -3.13. The Morgan fingerprint density at radius 2 is 1.88 bits per heavy atom. The lowest BCUT2D eigenvalue weighted by atomic mass is 10.2. The monoisotopic (exact) mass is 375 g/mol. The lowest BCUT2D eigenvalue weighted by Gasteiger charge is -2.12. The topological polar surface area (TPSA) is 81.1 Å². The van der Waals surface area contributed by atoms with Crippen LogP contribution in [-0.4, -0.2) is 27.9 Å². The second kappa shape index (κ2) is 7.40. The fourth-order valence-electron chi connectivity index (χ4n) is 2.39. The maximum Gasteiger partial charge on any atom is 0.323 e. The normalized spacial score (nSPS) is 10.5. The van der Waals surface area contributed by atoms with Crippen molar-refractivity contribution in [2.24, 2.45) is 7.05 Å². The number of amides is 2. The Bertz CT molecular complexity index is 923. The molecule has 26 heavy (non-hydrogen) atoms. The summed E-state index contributed by atoms with van der Waals surface area (Å²) in [6.45, 7) is 0. The third kappa shape index (κ3) is 3.75. The Balaban J connectivity index is 1.83. The largest absolute Gasteiger partial charge is 0.481 e. The first-order chi connectivity index (χ1) is 12.5. The summed E-state index contributed by atoms with van der Waals surface area (Å²) >= 11 is 6.19. The van der Waals surface area contributed by atoms with E-state index in [4.69, 9.17) is 16.3 Å². The van der Waals surface area contributed by atoms with Gasteiger partial charge in [0.05, 0.1) is 41.5 Å². The summed E-state index contributed by atoms with van der Waals surface area (Å²) in [5, 5.41) is 9.79. The number of hydrogen-bond donors (Lipinski definition) is 2. The summed E-state index contributed by atoms with van der Waals surface area (Å²) in [5.74, 6) is -0.0343. The van der Waals surface area contributed by atoms with Crippen molar-refractivity contribution < 1.29 is 13.9 Å². The van der Waals surface area contributed by atoms with Crippen LogP contribution >= 0.6 is 11.6 Å². The second-order valence-electron chi connectivity index (χ2n) is 5.33. The zero-order chi connectivity index (χ0) is 18.7. The number of nitrogens with zero attached hydrogens (tertiary/aromatic N) is 3. The molecule has 0 spiro atoms. The van der Waals surface area contributed by atoms with Crippen molar-refractivity contribution in [3.8, 4) is 17.1 Å². The van der Waals surface area contributed by atoms with E-state index in [-0.39, 0.29) is 5.82 Å². The third-order valence-electron chi connectivity index (χ3n) is 3.55. The van der Waals surface area contributed by atoms with Gasteiger partial charge in [-0.3, -0.25) is 4.68 Å². The van der Waals surface area contributed by atoms with Crippen LogP contribution in [0.3, 0.4) is 0 Å². The third-order valence-corrected chi connectivity index (χ3v) is 3.83. The lowest BCUT2D eigenvalue weighted by Crippen LogP contribution is -2.19. The highest BCUT2D eigenvalue weighted by molar-refractivity contribution is 6.33. The Kier molecular flexibility index (Phi) is 5.04. The van der Waals surface area contributed by atoms with Crippen LogP contribution in [0.15, 0.2) is 42.7 Å². The molecule has 3 rings (SSSR count). The number of rotatable bonds is 4. The molecule has 2 aromatic heterocycles. The van der Waals surface area contributed by atoms with Crippen LogP contribution in [-0.2, 0) is 7.05 Å². The summed E-state index contributed by atoms with van der Waals surface area (Å²) in [7, 11) is 3.23. The van der Waals surface area contributed by atoms with Crippen LogP contribution < -0.4 is 15.4 Å². The number of hydrogen-bond acceptors (Lipinski definition) is 4. The van der Waals surface area contributed by atoms with Gasteiger partial charge in [-0.05, 0) is 30.3 Å². The van der Waals surface area contributed by atoms with Crippen LogP contribution in [0.5, 0.6) is 5.88 Å². The van der Waals surface area contributed by atoms with Gasteiger partial charge in [-0.15, -0.1) is 0 Å². The maximum absolute atomic E-state index is 12.9. The lowest BCUT2D eigenvalue weighted by molar-refractivity contribution is 0.262. The summed E-state index contributed by atoms with van der Waals surface area (Å²) in [4.78, 5) is 16.3. The molecule has 2 heterocycles. The highest BCUT2D eigenvalue weighted by Crippen LogP contribution is 2.34. The number of aryl methyl sites for hydroxylation is 1. The van der Waals surface area contributed by atoms with Crippen LogP contribution in [0.1, 0.15) is 0 Å². The van der Waals surface area contributed by atoms with Gasteiger partial charge in [0.2, 0.25) is 5.88 Å². The number of nitrogens with one attached hydrogen (secondary N) is 2. The van der Waals surface area contributed by atoms with Gasteiger partial charge in [-0.25, -0.2) is 14.2 Å². The number of methoxy groups -OCH3 is 1. The van der Waals surface area contributed by atoms with Gasteiger partial charge in [-0.2, -0.15) is 5.10 Å². The smallest absolute Gasteiger partial charge is 0.323 e. The molecule has 0 aliphatic heterocycles. The predicted octanol–water partition coefficient (Wildman–Crippen LogP) is 3.93. The van der Waals surface area contributed by atoms with E-state index in [0.717, 1.165) is 0 Å². The number of carbonyl (C=O) groups excluding carboxylic acids is 1. The minimum absolute atomic E-state index is 0.347. The molecule has 0 saturated heterocycles. The van der Waals surface area contributed by atoms with E-state index in [1.165, 1.54) is 43.8 Å². The summed E-state index contributed by atoms with van der Waals surface area (Å²) in [5.41, 5.74) is 2.08. The van der Waals surface area contributed by atoms with E-state index in [9.17, 15) is 9.18 Å². The van der Waals surface area contributed by atoms with Gasteiger partial charge in [0.1, 0.15) is 5.82 Å². The van der Waals surface area contributed by atoms with Gasteiger partial charge < -0.3 is 15.4 Å². The quantitative estimate of drug-likeness (QED) is 0.724. The van der Waals surface area contributed by atoms with Crippen LogP contribution in [0.4, 0.5) is 20.6 Å². The standard InChI is InChI=1S/C17H15ClFN5O2/c1-24-15(14(18)9-21-24)13-7-12(8-20-16(13)26-2)23-17(25)22-11-5-3-10(19)4-6-11/h3-9H,1-2H3,(H2,22,23,25). The molecule has 0 aliphatic rings. The highest BCUT2D eigenvalue weighted by atomic mass is 35.5. The Morgan fingerprint density at radius 3 is 2.50 bits per heavy atom. The fourth-order valence-corrected chi connectivity index (χ4v) is 2.66. The van der Waals surface area contributed by atoms with E-state index in [1.54, 1.807) is 17.8 Å². The molecule has 2 N–H and O–H groups in total. The molecular weight excluding hydrogens is 361 g/mol. The number of aromatic nitrogens is 3. The van der Waals surface area contributed by atoms with Crippen molar-refractivity contribution in [2.75, 3.05) is 17.7 Å². The molecule has 1 aromatic carbocycles. The molecule has 9 heteroatoms. The molecule has 3 aromatic rings. The van der Waals surface area contributed by atoms with E-state index < -0.39 is 6.03 Å². The number of anilines is 2. The van der Waals surface area contributed by atoms with Crippen molar-refractivity contribution in [3.05, 3.63) is 53.6 Å². The number of urea groups is 1. The Morgan fingerprint density at radius 1 is 1.19 bits per heavy atom. The van der Waals surface area contributed by atoms with Crippen LogP contribution in [0.2, 0.25) is 5.02 Å². The van der Waals surface area contributed by atoms with Gasteiger partial charge in [0.25, 0.3) is 0 Å². The highest BCUT2D eigenvalue weighted by Gasteiger charge is 2.17. The maximum atomic E-state index is 12.9. The SMILES string of the molecule is COc1ncc(NC(=O)Nc2ccc(F)cc2)cc1-c1c(Cl)cnn1C. The average molecular weight is 376 g/mol. The summed E-state index contributed by atoms with van der Waals surface area (Å²) in [6.07, 6.45) is 2.97. The molecule has 0 saturated carbocycles. The van der Waals surface area contributed by atoms with Crippen LogP contribution in [0.25, 0.3) is 11.3 Å². The van der Waals surface area contributed by atoms with E-state index >= 15 is 0 Å². The zero-order valence-corrected chi connectivity index (χ0v) is 14.7. The average Bonchev–Trinajstić information content (AvgIpc) is 2.95. The molecular formula is C17H15ClFN5O2. The fraction of sp³-hybridized carbons (Fsp3) is 0.118. The first-order valence-corrected chi connectivity index (χ1v) is 7.91. The van der Waals surface area contributed by atoms with Crippen molar-refractivity contribution in [1.82, 2.24) is 14.8 Å². The second-order valence-corrected chi connectivity index (χ2v) is 5.74. The minimum atomic E-state index is -0.495. The van der Waals surface area contributed by atoms with Crippen LogP contribution in [0, 0.1) is 5.82 Å². The van der Waals surface area contributed by atoms with E-state index in [1.807, 2.05) is 0 Å².